The third-order valence-electron chi connectivity index (χ3n) is 3.09. The van der Waals surface area contributed by atoms with Gasteiger partial charge in [-0.2, -0.15) is 0 Å². The highest BCUT2D eigenvalue weighted by Gasteiger charge is 2.19. The Labute approximate surface area is 142 Å². The van der Waals surface area contributed by atoms with E-state index in [9.17, 15) is 9.59 Å². The molecule has 2 rings (SSSR count). The first-order valence-corrected chi connectivity index (χ1v) is 7.70. The molecule has 5 nitrogen and oxygen atoms in total. The number of amides is 1. The number of halogens is 1. The molecule has 120 valence electrons. The van der Waals surface area contributed by atoms with Crippen LogP contribution in [0.3, 0.4) is 0 Å². The van der Waals surface area contributed by atoms with Crippen LogP contribution in [0.2, 0.25) is 0 Å². The van der Waals surface area contributed by atoms with Crippen LogP contribution in [0, 0.1) is 0 Å². The van der Waals surface area contributed by atoms with Gasteiger partial charge in [0.05, 0.1) is 12.7 Å². The Morgan fingerprint density at radius 3 is 2.22 bits per heavy atom. The van der Waals surface area contributed by atoms with E-state index in [0.717, 1.165) is 4.47 Å². The van der Waals surface area contributed by atoms with E-state index in [-0.39, 0.29) is 0 Å². The van der Waals surface area contributed by atoms with Crippen LogP contribution in [0.4, 0.5) is 5.69 Å². The zero-order valence-electron chi connectivity index (χ0n) is 12.7. The van der Waals surface area contributed by atoms with Crippen molar-refractivity contribution in [2.75, 3.05) is 12.4 Å². The Hall–Kier alpha value is -2.34. The van der Waals surface area contributed by atoms with Crippen molar-refractivity contribution in [3.05, 3.63) is 58.6 Å². The molecule has 1 atom stereocenters. The number of rotatable bonds is 5. The van der Waals surface area contributed by atoms with E-state index in [4.69, 9.17) is 9.47 Å². The predicted octanol–water partition coefficient (Wildman–Crippen LogP) is 3.64. The summed E-state index contributed by atoms with van der Waals surface area (Å²) in [6, 6.07) is 13.6. The molecule has 6 heteroatoms. The first-order chi connectivity index (χ1) is 11.0. The fourth-order valence-corrected chi connectivity index (χ4v) is 2.05. The van der Waals surface area contributed by atoms with Crippen molar-refractivity contribution < 1.29 is 19.1 Å². The fraction of sp³-hybridized carbons (Fsp3) is 0.176. The lowest BCUT2D eigenvalue weighted by Gasteiger charge is -2.13. The number of anilines is 1. The van der Waals surface area contributed by atoms with E-state index in [0.29, 0.717) is 17.0 Å². The third kappa shape index (κ3) is 4.82. The zero-order chi connectivity index (χ0) is 16.8. The van der Waals surface area contributed by atoms with Gasteiger partial charge in [0.15, 0.2) is 6.10 Å². The normalized spacial score (nSPS) is 11.4. The third-order valence-corrected chi connectivity index (χ3v) is 3.62. The van der Waals surface area contributed by atoms with Gasteiger partial charge in [0.25, 0.3) is 5.91 Å². The van der Waals surface area contributed by atoms with E-state index >= 15 is 0 Å². The SMILES string of the molecule is COc1ccc(NC(=O)[C@H](C)OC(=O)c2ccc(Br)cc2)cc1. The van der Waals surface area contributed by atoms with Crippen LogP contribution in [0.1, 0.15) is 17.3 Å². The summed E-state index contributed by atoms with van der Waals surface area (Å²) in [7, 11) is 1.57. The smallest absolute Gasteiger partial charge is 0.338 e. The van der Waals surface area contributed by atoms with Gasteiger partial charge in [-0.3, -0.25) is 4.79 Å². The Bertz CT molecular complexity index is 683. The molecule has 0 bridgehead atoms. The molecule has 0 aliphatic heterocycles. The minimum atomic E-state index is -0.909. The summed E-state index contributed by atoms with van der Waals surface area (Å²) in [6.07, 6.45) is -0.909. The molecule has 0 spiro atoms. The molecule has 0 heterocycles. The lowest BCUT2D eigenvalue weighted by molar-refractivity contribution is -0.123. The van der Waals surface area contributed by atoms with Crippen molar-refractivity contribution in [2.45, 2.75) is 13.0 Å². The van der Waals surface area contributed by atoms with E-state index < -0.39 is 18.0 Å². The molecule has 2 aromatic rings. The highest BCUT2D eigenvalue weighted by Crippen LogP contribution is 2.16. The first-order valence-electron chi connectivity index (χ1n) is 6.91. The molecule has 2 aromatic carbocycles. The van der Waals surface area contributed by atoms with Gasteiger partial charge in [-0.25, -0.2) is 4.79 Å². The molecule has 0 aromatic heterocycles. The predicted molar refractivity (Wildman–Crippen MR) is 90.6 cm³/mol. The van der Waals surface area contributed by atoms with Crippen LogP contribution in [-0.4, -0.2) is 25.1 Å². The topological polar surface area (TPSA) is 64.6 Å². The second-order valence-corrected chi connectivity index (χ2v) is 5.69. The average molecular weight is 378 g/mol. The summed E-state index contributed by atoms with van der Waals surface area (Å²) >= 11 is 3.29. The van der Waals surface area contributed by atoms with Crippen molar-refractivity contribution in [1.82, 2.24) is 0 Å². The average Bonchev–Trinajstić information content (AvgIpc) is 2.56. The minimum Gasteiger partial charge on any atom is -0.497 e. The maximum atomic E-state index is 12.1. The largest absolute Gasteiger partial charge is 0.497 e. The lowest BCUT2D eigenvalue weighted by atomic mass is 10.2. The second-order valence-electron chi connectivity index (χ2n) is 4.77. The monoisotopic (exact) mass is 377 g/mol. The highest BCUT2D eigenvalue weighted by molar-refractivity contribution is 9.10. The summed E-state index contributed by atoms with van der Waals surface area (Å²) in [5.41, 5.74) is 0.986. The summed E-state index contributed by atoms with van der Waals surface area (Å²) in [5, 5.41) is 2.68. The van der Waals surface area contributed by atoms with E-state index in [2.05, 4.69) is 21.2 Å². The maximum Gasteiger partial charge on any atom is 0.338 e. The van der Waals surface area contributed by atoms with Crippen molar-refractivity contribution in [3.63, 3.8) is 0 Å². The van der Waals surface area contributed by atoms with Gasteiger partial charge in [0, 0.05) is 10.2 Å². The molecular weight excluding hydrogens is 362 g/mol. The van der Waals surface area contributed by atoms with Crippen LogP contribution in [0.5, 0.6) is 5.75 Å². The highest BCUT2D eigenvalue weighted by atomic mass is 79.9. The van der Waals surface area contributed by atoms with Crippen LogP contribution < -0.4 is 10.1 Å². The fourth-order valence-electron chi connectivity index (χ4n) is 1.79. The second kappa shape index (κ2) is 7.78. The molecule has 1 amide bonds. The molecule has 0 unspecified atom stereocenters. The minimum absolute atomic E-state index is 0.386. The molecule has 0 saturated heterocycles. The van der Waals surface area contributed by atoms with Crippen molar-refractivity contribution in [1.29, 1.82) is 0 Å². The summed E-state index contributed by atoms with van der Waals surface area (Å²) in [4.78, 5) is 24.0. The standard InChI is InChI=1S/C17H16BrNO4/c1-11(23-17(21)12-3-5-13(18)6-4-12)16(20)19-14-7-9-15(22-2)10-8-14/h3-11H,1-2H3,(H,19,20)/t11-/m0/s1. The van der Waals surface area contributed by atoms with Gasteiger partial charge < -0.3 is 14.8 Å². The van der Waals surface area contributed by atoms with Crippen molar-refractivity contribution >= 4 is 33.5 Å². The molecule has 0 aliphatic carbocycles. The summed E-state index contributed by atoms with van der Waals surface area (Å²) < 4.78 is 11.1. The molecular formula is C17H16BrNO4. The molecule has 0 aliphatic rings. The van der Waals surface area contributed by atoms with Gasteiger partial charge in [0.2, 0.25) is 0 Å². The van der Waals surface area contributed by atoms with Gasteiger partial charge >= 0.3 is 5.97 Å². The lowest BCUT2D eigenvalue weighted by Crippen LogP contribution is -2.29. The van der Waals surface area contributed by atoms with Crippen LogP contribution in [-0.2, 0) is 9.53 Å². The number of benzene rings is 2. The van der Waals surface area contributed by atoms with Crippen LogP contribution >= 0.6 is 15.9 Å². The Morgan fingerprint density at radius 1 is 1.04 bits per heavy atom. The molecule has 23 heavy (non-hydrogen) atoms. The number of carbonyl (C=O) groups is 2. The zero-order valence-corrected chi connectivity index (χ0v) is 14.3. The number of methoxy groups -OCH3 is 1. The number of nitrogens with one attached hydrogen (secondary N) is 1. The van der Waals surface area contributed by atoms with Gasteiger partial charge in [-0.15, -0.1) is 0 Å². The quantitative estimate of drug-likeness (QED) is 0.807. The summed E-state index contributed by atoms with van der Waals surface area (Å²) in [6.45, 7) is 1.52. The molecule has 1 N–H and O–H groups in total. The maximum absolute atomic E-state index is 12.1. The number of hydrogen-bond donors (Lipinski definition) is 1. The number of esters is 1. The van der Waals surface area contributed by atoms with E-state index in [1.165, 1.54) is 6.92 Å². The molecule has 0 fully saturated rings. The Morgan fingerprint density at radius 2 is 1.65 bits per heavy atom. The van der Waals surface area contributed by atoms with Crippen LogP contribution in [0.25, 0.3) is 0 Å². The Balaban J connectivity index is 1.93. The number of ether oxygens (including phenoxy) is 2. The van der Waals surface area contributed by atoms with Crippen molar-refractivity contribution in [3.8, 4) is 5.75 Å². The van der Waals surface area contributed by atoms with Crippen LogP contribution in [0.15, 0.2) is 53.0 Å². The van der Waals surface area contributed by atoms with E-state index in [1.54, 1.807) is 55.6 Å². The van der Waals surface area contributed by atoms with Gasteiger partial charge in [0.1, 0.15) is 5.75 Å². The molecule has 0 saturated carbocycles. The van der Waals surface area contributed by atoms with Gasteiger partial charge in [-0.1, -0.05) is 15.9 Å². The number of carbonyl (C=O) groups excluding carboxylic acids is 2. The first kappa shape index (κ1) is 17.0. The van der Waals surface area contributed by atoms with Crippen molar-refractivity contribution in [2.24, 2.45) is 0 Å². The number of hydrogen-bond acceptors (Lipinski definition) is 4. The van der Waals surface area contributed by atoms with Gasteiger partial charge in [-0.05, 0) is 55.5 Å². The Kier molecular flexibility index (Phi) is 5.76. The molecule has 0 radical (unpaired) electrons. The summed E-state index contributed by atoms with van der Waals surface area (Å²) in [5.74, 6) is -0.256. The van der Waals surface area contributed by atoms with E-state index in [1.807, 2.05) is 0 Å².